The van der Waals surface area contributed by atoms with E-state index in [9.17, 15) is 8.42 Å². The first-order chi connectivity index (χ1) is 9.46. The monoisotopic (exact) mass is 304 g/mol. The molecule has 0 radical (unpaired) electrons. The van der Waals surface area contributed by atoms with Crippen LogP contribution in [0.2, 0.25) is 0 Å². The molecule has 2 aliphatic heterocycles. The summed E-state index contributed by atoms with van der Waals surface area (Å²) in [5.41, 5.74) is 0. The van der Waals surface area contributed by atoms with Crippen molar-refractivity contribution in [3.05, 3.63) is 0 Å². The number of hydrogen-bond acceptors (Lipinski definition) is 4. The molecule has 0 aromatic rings. The molecule has 0 aromatic heterocycles. The van der Waals surface area contributed by atoms with Crippen LogP contribution >= 0.6 is 0 Å². The molecule has 6 heteroatoms. The fourth-order valence-corrected chi connectivity index (χ4v) is 5.28. The Bertz CT molecular complexity index is 407. The van der Waals surface area contributed by atoms with Crippen molar-refractivity contribution < 1.29 is 13.2 Å². The highest BCUT2D eigenvalue weighted by Gasteiger charge is 2.37. The van der Waals surface area contributed by atoms with Crippen LogP contribution in [0.1, 0.15) is 39.5 Å². The van der Waals surface area contributed by atoms with Gasteiger partial charge in [0.15, 0.2) is 0 Å². The van der Waals surface area contributed by atoms with E-state index in [0.29, 0.717) is 32.1 Å². The predicted molar refractivity (Wildman–Crippen MR) is 80.3 cm³/mol. The molecule has 20 heavy (non-hydrogen) atoms. The van der Waals surface area contributed by atoms with Crippen LogP contribution in [-0.4, -0.2) is 68.3 Å². The molecule has 118 valence electrons. The van der Waals surface area contributed by atoms with Gasteiger partial charge in [-0.15, -0.1) is 0 Å². The zero-order valence-electron chi connectivity index (χ0n) is 12.9. The van der Waals surface area contributed by atoms with Gasteiger partial charge in [-0.25, -0.2) is 12.7 Å². The maximum atomic E-state index is 12.7. The SMILES string of the molecule is CCN1CC[C@@H](N(C)S(=O)(=O)C2CCOCC2)C[C@@H]1C. The van der Waals surface area contributed by atoms with Gasteiger partial charge in [-0.05, 0) is 45.7 Å². The summed E-state index contributed by atoms with van der Waals surface area (Å²) in [6.45, 7) is 7.55. The smallest absolute Gasteiger partial charge is 0.217 e. The van der Waals surface area contributed by atoms with E-state index in [1.54, 1.807) is 11.4 Å². The zero-order chi connectivity index (χ0) is 14.8. The molecule has 2 heterocycles. The van der Waals surface area contributed by atoms with Gasteiger partial charge in [-0.2, -0.15) is 0 Å². The van der Waals surface area contributed by atoms with Crippen molar-refractivity contribution in [1.82, 2.24) is 9.21 Å². The van der Waals surface area contributed by atoms with Crippen molar-refractivity contribution in [1.29, 1.82) is 0 Å². The number of hydrogen-bond donors (Lipinski definition) is 0. The average molecular weight is 304 g/mol. The Morgan fingerprint density at radius 1 is 1.25 bits per heavy atom. The average Bonchev–Trinajstić information content (AvgIpc) is 2.47. The first-order valence-corrected chi connectivity index (χ1v) is 9.25. The van der Waals surface area contributed by atoms with Gasteiger partial charge in [-0.1, -0.05) is 6.92 Å². The van der Waals surface area contributed by atoms with Gasteiger partial charge in [0.1, 0.15) is 0 Å². The number of nitrogens with zero attached hydrogens (tertiary/aromatic N) is 2. The van der Waals surface area contributed by atoms with Crippen molar-refractivity contribution in [3.63, 3.8) is 0 Å². The van der Waals surface area contributed by atoms with Crippen LogP contribution in [0.4, 0.5) is 0 Å². The molecule has 2 rings (SSSR count). The molecule has 0 N–H and O–H groups in total. The Hall–Kier alpha value is -0.170. The maximum Gasteiger partial charge on any atom is 0.217 e. The van der Waals surface area contributed by atoms with Crippen LogP contribution in [0.3, 0.4) is 0 Å². The third kappa shape index (κ3) is 3.35. The lowest BCUT2D eigenvalue weighted by Gasteiger charge is -2.41. The van der Waals surface area contributed by atoms with Crippen molar-refractivity contribution in [2.24, 2.45) is 0 Å². The van der Waals surface area contributed by atoms with Gasteiger partial charge in [0, 0.05) is 32.3 Å². The lowest BCUT2D eigenvalue weighted by atomic mass is 9.99. The highest BCUT2D eigenvalue weighted by molar-refractivity contribution is 7.89. The molecule has 0 unspecified atom stereocenters. The Morgan fingerprint density at radius 2 is 1.90 bits per heavy atom. The number of likely N-dealkylation sites (tertiary alicyclic amines) is 1. The van der Waals surface area contributed by atoms with Crippen LogP contribution in [0, 0.1) is 0 Å². The lowest BCUT2D eigenvalue weighted by molar-refractivity contribution is 0.0945. The molecular weight excluding hydrogens is 276 g/mol. The number of piperidine rings is 1. The second-order valence-corrected chi connectivity index (χ2v) is 8.30. The van der Waals surface area contributed by atoms with Gasteiger partial charge < -0.3 is 9.64 Å². The van der Waals surface area contributed by atoms with E-state index < -0.39 is 10.0 Å². The molecule has 0 aromatic carbocycles. The topological polar surface area (TPSA) is 49.9 Å². The highest BCUT2D eigenvalue weighted by Crippen LogP contribution is 2.26. The first-order valence-electron chi connectivity index (χ1n) is 7.75. The summed E-state index contributed by atoms with van der Waals surface area (Å²) in [6, 6.07) is 0.617. The Balaban J connectivity index is 2.01. The summed E-state index contributed by atoms with van der Waals surface area (Å²) in [5.74, 6) is 0. The van der Waals surface area contributed by atoms with E-state index in [2.05, 4.69) is 18.7 Å². The Morgan fingerprint density at radius 3 is 2.45 bits per heavy atom. The van der Waals surface area contributed by atoms with Gasteiger partial charge in [0.25, 0.3) is 0 Å². The van der Waals surface area contributed by atoms with Crippen molar-refractivity contribution >= 4 is 10.0 Å². The lowest BCUT2D eigenvalue weighted by Crippen LogP contribution is -2.51. The molecule has 2 fully saturated rings. The van der Waals surface area contributed by atoms with E-state index in [4.69, 9.17) is 4.74 Å². The third-order valence-corrected chi connectivity index (χ3v) is 7.31. The largest absolute Gasteiger partial charge is 0.381 e. The highest BCUT2D eigenvalue weighted by atomic mass is 32.2. The van der Waals surface area contributed by atoms with Crippen molar-refractivity contribution in [3.8, 4) is 0 Å². The predicted octanol–water partition coefficient (Wildman–Crippen LogP) is 1.30. The Labute approximate surface area is 123 Å². The van der Waals surface area contributed by atoms with E-state index in [0.717, 1.165) is 25.9 Å². The van der Waals surface area contributed by atoms with Crippen LogP contribution < -0.4 is 0 Å². The molecule has 2 atom stereocenters. The molecule has 0 spiro atoms. The minimum atomic E-state index is -3.17. The fourth-order valence-electron chi connectivity index (χ4n) is 3.41. The summed E-state index contributed by atoms with van der Waals surface area (Å²) >= 11 is 0. The van der Waals surface area contributed by atoms with Crippen molar-refractivity contribution in [2.45, 2.75) is 56.9 Å². The second-order valence-electron chi connectivity index (χ2n) is 6.03. The summed E-state index contributed by atoms with van der Waals surface area (Å²) in [7, 11) is -1.41. The molecule has 2 saturated heterocycles. The van der Waals surface area contributed by atoms with Gasteiger partial charge in [-0.3, -0.25) is 0 Å². The normalized spacial score (nSPS) is 30.8. The first kappa shape index (κ1) is 16.2. The summed E-state index contributed by atoms with van der Waals surface area (Å²) in [4.78, 5) is 2.42. The van der Waals surface area contributed by atoms with E-state index in [1.807, 2.05) is 0 Å². The van der Waals surface area contributed by atoms with Crippen LogP contribution in [0.5, 0.6) is 0 Å². The minimum absolute atomic E-state index is 0.153. The minimum Gasteiger partial charge on any atom is -0.381 e. The molecular formula is C14H28N2O3S. The summed E-state index contributed by atoms with van der Waals surface area (Å²) in [5, 5.41) is -0.249. The third-order valence-electron chi connectivity index (χ3n) is 4.90. The fraction of sp³-hybridized carbons (Fsp3) is 1.00. The van der Waals surface area contributed by atoms with E-state index in [1.165, 1.54) is 0 Å². The summed E-state index contributed by atoms with van der Waals surface area (Å²) < 4.78 is 32.3. The van der Waals surface area contributed by atoms with Gasteiger partial charge >= 0.3 is 0 Å². The molecule has 0 saturated carbocycles. The quantitative estimate of drug-likeness (QED) is 0.785. The maximum absolute atomic E-state index is 12.7. The molecule has 2 aliphatic rings. The molecule has 0 aliphatic carbocycles. The van der Waals surface area contributed by atoms with E-state index >= 15 is 0 Å². The number of sulfonamides is 1. The van der Waals surface area contributed by atoms with E-state index in [-0.39, 0.29) is 11.3 Å². The number of rotatable bonds is 4. The number of ether oxygens (including phenoxy) is 1. The zero-order valence-corrected chi connectivity index (χ0v) is 13.7. The Kier molecular flexibility index (Phi) is 5.45. The molecule has 5 nitrogen and oxygen atoms in total. The van der Waals surface area contributed by atoms with Gasteiger partial charge in [0.05, 0.1) is 5.25 Å². The standard InChI is InChI=1S/C14H28N2O3S/c1-4-16-8-5-13(11-12(16)2)15(3)20(17,18)14-6-9-19-10-7-14/h12-14H,4-11H2,1-3H3/t12-,13+/m0/s1. The summed E-state index contributed by atoms with van der Waals surface area (Å²) in [6.07, 6.45) is 3.15. The second kappa shape index (κ2) is 6.73. The molecule has 0 bridgehead atoms. The van der Waals surface area contributed by atoms with Crippen molar-refractivity contribution in [2.75, 3.05) is 33.4 Å². The molecule has 0 amide bonds. The van der Waals surface area contributed by atoms with Crippen LogP contribution in [0.25, 0.3) is 0 Å². The van der Waals surface area contributed by atoms with Gasteiger partial charge in [0.2, 0.25) is 10.0 Å². The van der Waals surface area contributed by atoms with Crippen LogP contribution in [0.15, 0.2) is 0 Å². The van der Waals surface area contributed by atoms with Crippen LogP contribution in [-0.2, 0) is 14.8 Å².